The van der Waals surface area contributed by atoms with Gasteiger partial charge in [-0.05, 0) is 55.5 Å². The van der Waals surface area contributed by atoms with Gasteiger partial charge in [0.25, 0.3) is 5.91 Å². The summed E-state index contributed by atoms with van der Waals surface area (Å²) in [7, 11) is 3.11. The Morgan fingerprint density at radius 2 is 1.56 bits per heavy atom. The van der Waals surface area contributed by atoms with Crippen LogP contribution in [0.25, 0.3) is 0 Å². The van der Waals surface area contributed by atoms with Crippen LogP contribution >= 0.6 is 0 Å². The summed E-state index contributed by atoms with van der Waals surface area (Å²) in [4.78, 5) is 30.0. The zero-order valence-corrected chi connectivity index (χ0v) is 18.6. The lowest BCUT2D eigenvalue weighted by atomic mass is 9.94. The summed E-state index contributed by atoms with van der Waals surface area (Å²) in [6, 6.07) is 11.8. The van der Waals surface area contributed by atoms with Gasteiger partial charge in [0, 0.05) is 43.2 Å². The lowest BCUT2D eigenvalue weighted by Gasteiger charge is -2.34. The Balaban J connectivity index is 1.38. The molecule has 170 valence electrons. The van der Waals surface area contributed by atoms with Crippen molar-refractivity contribution in [3.63, 3.8) is 0 Å². The van der Waals surface area contributed by atoms with Gasteiger partial charge >= 0.3 is 0 Å². The molecule has 2 amide bonds. The molecule has 1 saturated heterocycles. The number of rotatable bonds is 7. The number of hydrogen-bond donors (Lipinski definition) is 0. The molecule has 2 aliphatic rings. The minimum Gasteiger partial charge on any atom is -0.497 e. The van der Waals surface area contributed by atoms with Crippen molar-refractivity contribution in [1.29, 1.82) is 0 Å². The fourth-order valence-electron chi connectivity index (χ4n) is 4.24. The summed E-state index contributed by atoms with van der Waals surface area (Å²) in [6.07, 6.45) is 3.31. The van der Waals surface area contributed by atoms with Crippen molar-refractivity contribution in [3.05, 3.63) is 59.4 Å². The molecule has 2 aromatic carbocycles. The SMILES string of the molecule is COc1cc(OC)cc(C(=O)N2CCC(C(=O)N(Cc3ccc(F)cc3)C3CC3)CC2)c1. The maximum atomic E-state index is 13.3. The van der Waals surface area contributed by atoms with Crippen LogP contribution in [0.1, 0.15) is 41.6 Å². The van der Waals surface area contributed by atoms with E-state index in [4.69, 9.17) is 9.47 Å². The Labute approximate surface area is 187 Å². The quantitative estimate of drug-likeness (QED) is 0.656. The van der Waals surface area contributed by atoms with Gasteiger partial charge in [0.15, 0.2) is 0 Å². The molecule has 0 aromatic heterocycles. The standard InChI is InChI=1S/C25H29FN2O4/c1-31-22-13-19(14-23(15-22)32-2)24(29)27-11-9-18(10-12-27)25(30)28(21-7-8-21)16-17-3-5-20(26)6-4-17/h3-6,13-15,18,21H,7-12,16H2,1-2H3. The van der Waals surface area contributed by atoms with E-state index in [9.17, 15) is 14.0 Å². The van der Waals surface area contributed by atoms with Gasteiger partial charge in [-0.2, -0.15) is 0 Å². The smallest absolute Gasteiger partial charge is 0.254 e. The average molecular weight is 441 g/mol. The van der Waals surface area contributed by atoms with Crippen molar-refractivity contribution < 1.29 is 23.5 Å². The van der Waals surface area contributed by atoms with Crippen molar-refractivity contribution in [2.45, 2.75) is 38.3 Å². The number of carbonyl (C=O) groups excluding carboxylic acids is 2. The summed E-state index contributed by atoms with van der Waals surface area (Å²) < 4.78 is 23.8. The van der Waals surface area contributed by atoms with E-state index in [1.54, 1.807) is 49.5 Å². The average Bonchev–Trinajstić information content (AvgIpc) is 3.68. The van der Waals surface area contributed by atoms with E-state index in [1.807, 2.05) is 4.90 Å². The first-order valence-electron chi connectivity index (χ1n) is 11.1. The van der Waals surface area contributed by atoms with Crippen LogP contribution in [-0.4, -0.2) is 55.0 Å². The molecule has 1 heterocycles. The molecule has 0 radical (unpaired) electrons. The highest BCUT2D eigenvalue weighted by molar-refractivity contribution is 5.95. The summed E-state index contributed by atoms with van der Waals surface area (Å²) >= 11 is 0. The van der Waals surface area contributed by atoms with Crippen molar-refractivity contribution in [2.24, 2.45) is 5.92 Å². The van der Waals surface area contributed by atoms with Crippen LogP contribution in [0.5, 0.6) is 11.5 Å². The summed E-state index contributed by atoms with van der Waals surface area (Å²) in [6.45, 7) is 1.57. The van der Waals surface area contributed by atoms with E-state index in [0.29, 0.717) is 49.5 Å². The van der Waals surface area contributed by atoms with Gasteiger partial charge in [0.2, 0.25) is 5.91 Å². The van der Waals surface area contributed by atoms with Gasteiger partial charge in [0.1, 0.15) is 17.3 Å². The predicted molar refractivity (Wildman–Crippen MR) is 118 cm³/mol. The summed E-state index contributed by atoms with van der Waals surface area (Å²) in [5.41, 5.74) is 1.45. The van der Waals surface area contributed by atoms with Gasteiger partial charge < -0.3 is 19.3 Å². The number of hydrogen-bond acceptors (Lipinski definition) is 4. The lowest BCUT2D eigenvalue weighted by Crippen LogP contribution is -2.44. The molecule has 1 aliphatic heterocycles. The largest absolute Gasteiger partial charge is 0.497 e. The van der Waals surface area contributed by atoms with E-state index < -0.39 is 0 Å². The third kappa shape index (κ3) is 5.03. The maximum Gasteiger partial charge on any atom is 0.254 e. The van der Waals surface area contributed by atoms with E-state index in [1.165, 1.54) is 12.1 Å². The Bertz CT molecular complexity index is 944. The minimum absolute atomic E-state index is 0.0848. The highest BCUT2D eigenvalue weighted by atomic mass is 19.1. The molecule has 6 nitrogen and oxygen atoms in total. The summed E-state index contributed by atoms with van der Waals surface area (Å²) in [5.74, 6) is 0.825. The predicted octanol–water partition coefficient (Wildman–Crippen LogP) is 3.89. The lowest BCUT2D eigenvalue weighted by molar-refractivity contribution is -0.138. The molecule has 2 fully saturated rings. The first-order valence-corrected chi connectivity index (χ1v) is 11.1. The highest BCUT2D eigenvalue weighted by Crippen LogP contribution is 2.32. The molecule has 0 N–H and O–H groups in total. The second-order valence-electron chi connectivity index (χ2n) is 8.49. The summed E-state index contributed by atoms with van der Waals surface area (Å²) in [5, 5.41) is 0. The number of likely N-dealkylation sites (tertiary alicyclic amines) is 1. The second-order valence-corrected chi connectivity index (χ2v) is 8.49. The van der Waals surface area contributed by atoms with Crippen LogP contribution < -0.4 is 9.47 Å². The molecule has 1 saturated carbocycles. The monoisotopic (exact) mass is 440 g/mol. The fourth-order valence-corrected chi connectivity index (χ4v) is 4.24. The van der Waals surface area contributed by atoms with Crippen LogP contribution in [0.15, 0.2) is 42.5 Å². The molecule has 7 heteroatoms. The normalized spacial score (nSPS) is 16.5. The van der Waals surface area contributed by atoms with Crippen molar-refractivity contribution in [3.8, 4) is 11.5 Å². The molecular weight excluding hydrogens is 411 g/mol. The van der Waals surface area contributed by atoms with Crippen LogP contribution in [-0.2, 0) is 11.3 Å². The van der Waals surface area contributed by atoms with E-state index in [2.05, 4.69) is 0 Å². The van der Waals surface area contributed by atoms with Crippen molar-refractivity contribution >= 4 is 11.8 Å². The minimum atomic E-state index is -0.274. The Morgan fingerprint density at radius 3 is 2.09 bits per heavy atom. The molecule has 0 spiro atoms. The van der Waals surface area contributed by atoms with Crippen molar-refractivity contribution in [2.75, 3.05) is 27.3 Å². The second kappa shape index (κ2) is 9.59. The number of benzene rings is 2. The molecule has 0 bridgehead atoms. The zero-order chi connectivity index (χ0) is 22.7. The first kappa shape index (κ1) is 22.1. The molecule has 32 heavy (non-hydrogen) atoms. The van der Waals surface area contributed by atoms with Gasteiger partial charge in [-0.3, -0.25) is 9.59 Å². The van der Waals surface area contributed by atoms with E-state index in [-0.39, 0.29) is 29.6 Å². The number of halogens is 1. The Hall–Kier alpha value is -3.09. The number of methoxy groups -OCH3 is 2. The van der Waals surface area contributed by atoms with E-state index in [0.717, 1.165) is 18.4 Å². The molecule has 2 aromatic rings. The third-order valence-corrected chi connectivity index (χ3v) is 6.27. The van der Waals surface area contributed by atoms with E-state index >= 15 is 0 Å². The molecule has 1 aliphatic carbocycles. The maximum absolute atomic E-state index is 13.3. The zero-order valence-electron chi connectivity index (χ0n) is 18.6. The molecule has 4 rings (SSSR count). The first-order chi connectivity index (χ1) is 15.5. The van der Waals surface area contributed by atoms with Gasteiger partial charge in [0.05, 0.1) is 14.2 Å². The highest BCUT2D eigenvalue weighted by Gasteiger charge is 2.37. The van der Waals surface area contributed by atoms with Crippen LogP contribution in [0, 0.1) is 11.7 Å². The Kier molecular flexibility index (Phi) is 6.63. The van der Waals surface area contributed by atoms with Crippen LogP contribution in [0.4, 0.5) is 4.39 Å². The van der Waals surface area contributed by atoms with Crippen LogP contribution in [0.2, 0.25) is 0 Å². The van der Waals surface area contributed by atoms with Crippen LogP contribution in [0.3, 0.4) is 0 Å². The molecular formula is C25H29FN2O4. The molecule has 0 atom stereocenters. The number of ether oxygens (including phenoxy) is 2. The number of piperidine rings is 1. The topological polar surface area (TPSA) is 59.1 Å². The fraction of sp³-hybridized carbons (Fsp3) is 0.440. The number of amides is 2. The van der Waals surface area contributed by atoms with Crippen molar-refractivity contribution in [1.82, 2.24) is 9.80 Å². The van der Waals surface area contributed by atoms with Gasteiger partial charge in [-0.25, -0.2) is 4.39 Å². The van der Waals surface area contributed by atoms with Gasteiger partial charge in [-0.15, -0.1) is 0 Å². The third-order valence-electron chi connectivity index (χ3n) is 6.27. The molecule has 0 unspecified atom stereocenters. The number of carbonyl (C=O) groups is 2. The Morgan fingerprint density at radius 1 is 0.969 bits per heavy atom. The number of nitrogens with zero attached hydrogens (tertiary/aromatic N) is 2. The van der Waals surface area contributed by atoms with Gasteiger partial charge in [-0.1, -0.05) is 12.1 Å².